The van der Waals surface area contributed by atoms with Crippen LogP contribution in [0.25, 0.3) is 0 Å². The standard InChI is InChI=1S/C11H16ClN/c1-3-5-10(12)8-11-7-4-6-9(2)13-11/h4,6-7,10H,3,5,8H2,1-2H3. The average molecular weight is 198 g/mol. The van der Waals surface area contributed by atoms with E-state index >= 15 is 0 Å². The van der Waals surface area contributed by atoms with Gasteiger partial charge in [-0.3, -0.25) is 4.98 Å². The molecule has 72 valence electrons. The second-order valence-electron chi connectivity index (χ2n) is 3.36. The van der Waals surface area contributed by atoms with Gasteiger partial charge in [-0.05, 0) is 25.5 Å². The molecule has 1 aromatic rings. The summed E-state index contributed by atoms with van der Waals surface area (Å²) in [6.45, 7) is 4.16. The van der Waals surface area contributed by atoms with Gasteiger partial charge in [0.2, 0.25) is 0 Å². The maximum atomic E-state index is 6.13. The number of alkyl halides is 1. The maximum Gasteiger partial charge on any atom is 0.0421 e. The highest BCUT2D eigenvalue weighted by atomic mass is 35.5. The Hall–Kier alpha value is -0.560. The first-order valence-electron chi connectivity index (χ1n) is 4.79. The van der Waals surface area contributed by atoms with Crippen LogP contribution in [0.15, 0.2) is 18.2 Å². The molecule has 0 amide bonds. The van der Waals surface area contributed by atoms with Crippen LogP contribution in [0.4, 0.5) is 0 Å². The van der Waals surface area contributed by atoms with Crippen molar-refractivity contribution in [1.82, 2.24) is 4.98 Å². The van der Waals surface area contributed by atoms with Gasteiger partial charge in [0.1, 0.15) is 0 Å². The molecule has 13 heavy (non-hydrogen) atoms. The Kier molecular flexibility index (Phi) is 4.23. The monoisotopic (exact) mass is 197 g/mol. The van der Waals surface area contributed by atoms with E-state index in [9.17, 15) is 0 Å². The number of hydrogen-bond acceptors (Lipinski definition) is 1. The summed E-state index contributed by atoms with van der Waals surface area (Å²) in [5, 5.41) is 0.235. The van der Waals surface area contributed by atoms with Crippen molar-refractivity contribution in [1.29, 1.82) is 0 Å². The molecule has 0 aliphatic rings. The predicted molar refractivity (Wildman–Crippen MR) is 57.2 cm³/mol. The molecule has 0 fully saturated rings. The molecule has 1 atom stereocenters. The quantitative estimate of drug-likeness (QED) is 0.675. The molecule has 1 rings (SSSR count). The van der Waals surface area contributed by atoms with Gasteiger partial charge in [0.25, 0.3) is 0 Å². The number of nitrogens with zero attached hydrogens (tertiary/aromatic N) is 1. The molecule has 0 N–H and O–H groups in total. The predicted octanol–water partition coefficient (Wildman–Crippen LogP) is 3.34. The smallest absolute Gasteiger partial charge is 0.0421 e. The molecule has 0 aromatic carbocycles. The fourth-order valence-corrected chi connectivity index (χ4v) is 1.73. The number of pyridine rings is 1. The molecule has 0 aliphatic carbocycles. The molecule has 2 heteroatoms. The SMILES string of the molecule is CCCC(Cl)Cc1cccc(C)n1. The van der Waals surface area contributed by atoms with E-state index in [0.717, 1.165) is 30.7 Å². The molecule has 0 saturated carbocycles. The lowest BCUT2D eigenvalue weighted by atomic mass is 10.1. The molecule has 1 nitrogen and oxygen atoms in total. The first-order valence-corrected chi connectivity index (χ1v) is 5.22. The summed E-state index contributed by atoms with van der Waals surface area (Å²) in [6.07, 6.45) is 3.09. The van der Waals surface area contributed by atoms with E-state index in [-0.39, 0.29) is 5.38 Å². The second-order valence-corrected chi connectivity index (χ2v) is 3.98. The second kappa shape index (κ2) is 5.23. The van der Waals surface area contributed by atoms with Gasteiger partial charge in [-0.25, -0.2) is 0 Å². The van der Waals surface area contributed by atoms with E-state index in [2.05, 4.69) is 11.9 Å². The van der Waals surface area contributed by atoms with Crippen LogP contribution >= 0.6 is 11.6 Å². The van der Waals surface area contributed by atoms with Crippen LogP contribution < -0.4 is 0 Å². The van der Waals surface area contributed by atoms with Gasteiger partial charge < -0.3 is 0 Å². The zero-order chi connectivity index (χ0) is 9.68. The Morgan fingerprint density at radius 3 is 2.85 bits per heavy atom. The van der Waals surface area contributed by atoms with Gasteiger partial charge in [0.15, 0.2) is 0 Å². The molecule has 1 unspecified atom stereocenters. The molecular formula is C11H16ClN. The summed E-state index contributed by atoms with van der Waals surface area (Å²) in [5.41, 5.74) is 2.17. The third-order valence-corrected chi connectivity index (χ3v) is 2.35. The van der Waals surface area contributed by atoms with E-state index < -0.39 is 0 Å². The van der Waals surface area contributed by atoms with Crippen molar-refractivity contribution in [3.8, 4) is 0 Å². The Morgan fingerprint density at radius 1 is 1.46 bits per heavy atom. The summed E-state index contributed by atoms with van der Waals surface area (Å²) < 4.78 is 0. The van der Waals surface area contributed by atoms with Crippen LogP contribution in [0, 0.1) is 6.92 Å². The molecule has 0 saturated heterocycles. The minimum Gasteiger partial charge on any atom is -0.258 e. The van der Waals surface area contributed by atoms with Crippen LogP contribution in [0.1, 0.15) is 31.2 Å². The topological polar surface area (TPSA) is 12.9 Å². The first-order chi connectivity index (χ1) is 6.22. The van der Waals surface area contributed by atoms with Crippen LogP contribution in [-0.2, 0) is 6.42 Å². The number of rotatable bonds is 4. The summed E-state index contributed by atoms with van der Waals surface area (Å²) in [6, 6.07) is 6.08. The third-order valence-electron chi connectivity index (χ3n) is 1.98. The van der Waals surface area contributed by atoms with E-state index in [1.54, 1.807) is 0 Å². The van der Waals surface area contributed by atoms with Gasteiger partial charge in [-0.2, -0.15) is 0 Å². The van der Waals surface area contributed by atoms with Gasteiger partial charge in [0.05, 0.1) is 0 Å². The molecule has 1 heterocycles. The van der Waals surface area contributed by atoms with Crippen molar-refractivity contribution < 1.29 is 0 Å². The van der Waals surface area contributed by atoms with Crippen molar-refractivity contribution in [3.63, 3.8) is 0 Å². The lowest BCUT2D eigenvalue weighted by Gasteiger charge is -2.07. The average Bonchev–Trinajstić information content (AvgIpc) is 2.04. The van der Waals surface area contributed by atoms with Gasteiger partial charge in [-0.15, -0.1) is 11.6 Å². The summed E-state index contributed by atoms with van der Waals surface area (Å²) >= 11 is 6.13. The van der Waals surface area contributed by atoms with Gasteiger partial charge in [-0.1, -0.05) is 19.4 Å². The number of aromatic nitrogens is 1. The lowest BCUT2D eigenvalue weighted by Crippen LogP contribution is -2.04. The third kappa shape index (κ3) is 3.77. The minimum absolute atomic E-state index is 0.235. The zero-order valence-corrected chi connectivity index (χ0v) is 9.01. The Morgan fingerprint density at radius 2 is 2.23 bits per heavy atom. The number of aryl methyl sites for hydroxylation is 1. The highest BCUT2D eigenvalue weighted by molar-refractivity contribution is 6.20. The fraction of sp³-hybridized carbons (Fsp3) is 0.545. The van der Waals surface area contributed by atoms with Crippen molar-refractivity contribution in [2.45, 2.75) is 38.5 Å². The maximum absolute atomic E-state index is 6.13. The lowest BCUT2D eigenvalue weighted by molar-refractivity contribution is 0.715. The van der Waals surface area contributed by atoms with Crippen molar-refractivity contribution in [2.24, 2.45) is 0 Å². The summed E-state index contributed by atoms with van der Waals surface area (Å²) in [4.78, 5) is 4.41. The van der Waals surface area contributed by atoms with Crippen molar-refractivity contribution >= 4 is 11.6 Å². The van der Waals surface area contributed by atoms with E-state index in [4.69, 9.17) is 11.6 Å². The highest BCUT2D eigenvalue weighted by Crippen LogP contribution is 2.11. The Balaban J connectivity index is 2.53. The van der Waals surface area contributed by atoms with E-state index in [0.29, 0.717) is 0 Å². The molecule has 0 aliphatic heterocycles. The van der Waals surface area contributed by atoms with Crippen LogP contribution in [-0.4, -0.2) is 10.4 Å². The molecule has 0 spiro atoms. The normalized spacial score (nSPS) is 12.8. The Labute approximate surface area is 85.1 Å². The zero-order valence-electron chi connectivity index (χ0n) is 8.26. The summed E-state index contributed by atoms with van der Waals surface area (Å²) in [7, 11) is 0. The highest BCUT2D eigenvalue weighted by Gasteiger charge is 2.05. The van der Waals surface area contributed by atoms with Crippen molar-refractivity contribution in [2.75, 3.05) is 0 Å². The molecule has 0 radical (unpaired) electrons. The number of hydrogen-bond donors (Lipinski definition) is 0. The Bertz CT molecular complexity index is 260. The van der Waals surface area contributed by atoms with E-state index in [1.807, 2.05) is 25.1 Å². The fourth-order valence-electron chi connectivity index (χ4n) is 1.36. The van der Waals surface area contributed by atoms with Crippen LogP contribution in [0.5, 0.6) is 0 Å². The molecular weight excluding hydrogens is 182 g/mol. The van der Waals surface area contributed by atoms with Gasteiger partial charge >= 0.3 is 0 Å². The molecule has 0 bridgehead atoms. The van der Waals surface area contributed by atoms with Gasteiger partial charge in [0, 0.05) is 23.2 Å². The van der Waals surface area contributed by atoms with Crippen LogP contribution in [0.2, 0.25) is 0 Å². The summed E-state index contributed by atoms with van der Waals surface area (Å²) in [5.74, 6) is 0. The molecule has 1 aromatic heterocycles. The minimum atomic E-state index is 0.235. The van der Waals surface area contributed by atoms with Crippen molar-refractivity contribution in [3.05, 3.63) is 29.6 Å². The largest absolute Gasteiger partial charge is 0.258 e. The first kappa shape index (κ1) is 10.5. The van der Waals surface area contributed by atoms with Crippen LogP contribution in [0.3, 0.4) is 0 Å². The van der Waals surface area contributed by atoms with E-state index in [1.165, 1.54) is 0 Å². The number of halogens is 1.